The first-order valence-corrected chi connectivity index (χ1v) is 6.81. The number of ether oxygens (including phenoxy) is 2. The van der Waals surface area contributed by atoms with Gasteiger partial charge in [0.2, 0.25) is 0 Å². The predicted molar refractivity (Wildman–Crippen MR) is 64.7 cm³/mol. The Morgan fingerprint density at radius 1 is 1.38 bits per heavy atom. The molecule has 0 aromatic rings. The molecule has 1 aliphatic heterocycles. The van der Waals surface area contributed by atoms with Gasteiger partial charge in [0, 0.05) is 6.61 Å². The van der Waals surface area contributed by atoms with Gasteiger partial charge in [-0.1, -0.05) is 6.92 Å². The van der Waals surface area contributed by atoms with E-state index in [1.807, 2.05) is 0 Å². The number of nitrogens with one attached hydrogen (secondary N) is 1. The molecule has 2 rings (SSSR count). The molecule has 3 heteroatoms. The molecule has 16 heavy (non-hydrogen) atoms. The highest BCUT2D eigenvalue weighted by Crippen LogP contribution is 2.38. The van der Waals surface area contributed by atoms with Gasteiger partial charge in [-0.2, -0.15) is 0 Å². The summed E-state index contributed by atoms with van der Waals surface area (Å²) in [4.78, 5) is 0. The van der Waals surface area contributed by atoms with Crippen molar-refractivity contribution in [2.24, 2.45) is 0 Å². The van der Waals surface area contributed by atoms with Crippen LogP contribution in [0.2, 0.25) is 0 Å². The van der Waals surface area contributed by atoms with Gasteiger partial charge in [-0.25, -0.2) is 0 Å². The third-order valence-corrected chi connectivity index (χ3v) is 3.87. The van der Waals surface area contributed by atoms with E-state index in [0.717, 1.165) is 32.7 Å². The molecule has 1 saturated carbocycles. The third kappa shape index (κ3) is 3.19. The smallest absolute Gasteiger partial charge is 0.0809 e. The largest absolute Gasteiger partial charge is 0.376 e. The SMILES string of the molecule is CCNCCC1(OCC2CCCO2)CCC1. The number of hydrogen-bond acceptors (Lipinski definition) is 3. The Hall–Kier alpha value is -0.120. The van der Waals surface area contributed by atoms with Crippen molar-refractivity contribution < 1.29 is 9.47 Å². The lowest BCUT2D eigenvalue weighted by Gasteiger charge is -2.42. The molecule has 3 nitrogen and oxygen atoms in total. The van der Waals surface area contributed by atoms with Gasteiger partial charge in [-0.3, -0.25) is 0 Å². The summed E-state index contributed by atoms with van der Waals surface area (Å²) in [5, 5.41) is 3.39. The molecule has 1 saturated heterocycles. The maximum absolute atomic E-state index is 6.13. The average Bonchev–Trinajstić information content (AvgIpc) is 2.73. The lowest BCUT2D eigenvalue weighted by atomic mass is 9.77. The van der Waals surface area contributed by atoms with Crippen LogP contribution in [0, 0.1) is 0 Å². The van der Waals surface area contributed by atoms with E-state index >= 15 is 0 Å². The van der Waals surface area contributed by atoms with Gasteiger partial charge in [0.25, 0.3) is 0 Å². The normalized spacial score (nSPS) is 27.9. The van der Waals surface area contributed by atoms with Gasteiger partial charge in [0.1, 0.15) is 0 Å². The summed E-state index contributed by atoms with van der Waals surface area (Å²) in [5.41, 5.74) is 0.189. The summed E-state index contributed by atoms with van der Waals surface area (Å²) in [6.07, 6.45) is 7.74. The summed E-state index contributed by atoms with van der Waals surface area (Å²) in [5.74, 6) is 0. The van der Waals surface area contributed by atoms with Crippen LogP contribution in [-0.2, 0) is 9.47 Å². The third-order valence-electron chi connectivity index (χ3n) is 3.87. The van der Waals surface area contributed by atoms with Gasteiger partial charge in [-0.05, 0) is 51.6 Å². The Kier molecular flexibility index (Phi) is 4.62. The van der Waals surface area contributed by atoms with Gasteiger partial charge in [0.15, 0.2) is 0 Å². The van der Waals surface area contributed by atoms with E-state index in [-0.39, 0.29) is 5.60 Å². The van der Waals surface area contributed by atoms with Crippen molar-refractivity contribution >= 4 is 0 Å². The van der Waals surface area contributed by atoms with Gasteiger partial charge >= 0.3 is 0 Å². The highest BCUT2D eigenvalue weighted by atomic mass is 16.5. The molecule has 0 amide bonds. The van der Waals surface area contributed by atoms with E-state index in [1.165, 1.54) is 32.1 Å². The van der Waals surface area contributed by atoms with Crippen LogP contribution >= 0.6 is 0 Å². The quantitative estimate of drug-likeness (QED) is 0.676. The minimum atomic E-state index is 0.189. The van der Waals surface area contributed by atoms with Crippen molar-refractivity contribution in [3.05, 3.63) is 0 Å². The molecule has 0 aromatic carbocycles. The summed E-state index contributed by atoms with van der Waals surface area (Å²) in [7, 11) is 0. The maximum atomic E-state index is 6.13. The zero-order chi connectivity index (χ0) is 11.3. The minimum absolute atomic E-state index is 0.189. The first kappa shape index (κ1) is 12.3. The second kappa shape index (κ2) is 5.99. The molecule has 1 heterocycles. The zero-order valence-electron chi connectivity index (χ0n) is 10.5. The highest BCUT2D eigenvalue weighted by Gasteiger charge is 2.38. The molecule has 2 fully saturated rings. The van der Waals surface area contributed by atoms with Crippen molar-refractivity contribution in [1.82, 2.24) is 5.32 Å². The molecule has 1 unspecified atom stereocenters. The Labute approximate surface area is 98.9 Å². The van der Waals surface area contributed by atoms with E-state index in [1.54, 1.807) is 0 Å². The summed E-state index contributed by atoms with van der Waals surface area (Å²) in [6, 6.07) is 0. The highest BCUT2D eigenvalue weighted by molar-refractivity contribution is 4.90. The van der Waals surface area contributed by atoms with E-state index in [4.69, 9.17) is 9.47 Å². The van der Waals surface area contributed by atoms with Crippen molar-refractivity contribution in [3.8, 4) is 0 Å². The Morgan fingerprint density at radius 2 is 2.25 bits per heavy atom. The molecule has 94 valence electrons. The monoisotopic (exact) mass is 227 g/mol. The van der Waals surface area contributed by atoms with Crippen LogP contribution in [-0.4, -0.2) is 38.0 Å². The summed E-state index contributed by atoms with van der Waals surface area (Å²) in [6.45, 7) is 6.04. The lowest BCUT2D eigenvalue weighted by molar-refractivity contribution is -0.129. The van der Waals surface area contributed by atoms with E-state index in [2.05, 4.69) is 12.2 Å². The lowest BCUT2D eigenvalue weighted by Crippen LogP contribution is -2.44. The summed E-state index contributed by atoms with van der Waals surface area (Å²) < 4.78 is 11.7. The Bertz CT molecular complexity index is 198. The molecule has 1 atom stereocenters. The predicted octanol–water partition coefficient (Wildman–Crippen LogP) is 2.10. The van der Waals surface area contributed by atoms with Crippen molar-refractivity contribution in [3.63, 3.8) is 0 Å². The standard InChI is InChI=1S/C13H25NO2/c1-2-14-9-8-13(6-4-7-13)16-11-12-5-3-10-15-12/h12,14H,2-11H2,1H3. The van der Waals surface area contributed by atoms with E-state index < -0.39 is 0 Å². The Morgan fingerprint density at radius 3 is 2.81 bits per heavy atom. The van der Waals surface area contributed by atoms with Gasteiger partial charge < -0.3 is 14.8 Å². The van der Waals surface area contributed by atoms with Crippen LogP contribution in [0.5, 0.6) is 0 Å². The summed E-state index contributed by atoms with van der Waals surface area (Å²) >= 11 is 0. The Balaban J connectivity index is 1.67. The maximum Gasteiger partial charge on any atom is 0.0809 e. The molecule has 1 aliphatic carbocycles. The molecular weight excluding hydrogens is 202 g/mol. The second-order valence-electron chi connectivity index (χ2n) is 5.09. The zero-order valence-corrected chi connectivity index (χ0v) is 10.5. The molecular formula is C13H25NO2. The number of rotatable bonds is 7. The first-order chi connectivity index (χ1) is 7.85. The van der Waals surface area contributed by atoms with Crippen molar-refractivity contribution in [2.45, 2.75) is 57.2 Å². The molecule has 0 bridgehead atoms. The topological polar surface area (TPSA) is 30.5 Å². The van der Waals surface area contributed by atoms with Crippen molar-refractivity contribution in [2.75, 3.05) is 26.3 Å². The van der Waals surface area contributed by atoms with Crippen molar-refractivity contribution in [1.29, 1.82) is 0 Å². The fourth-order valence-corrected chi connectivity index (χ4v) is 2.58. The average molecular weight is 227 g/mol. The minimum Gasteiger partial charge on any atom is -0.376 e. The van der Waals surface area contributed by atoms with Crippen LogP contribution in [0.15, 0.2) is 0 Å². The molecule has 0 spiro atoms. The molecule has 0 aromatic heterocycles. The second-order valence-corrected chi connectivity index (χ2v) is 5.09. The van der Waals surface area contributed by atoms with Crippen LogP contribution < -0.4 is 5.32 Å². The van der Waals surface area contributed by atoms with Gasteiger partial charge in [-0.15, -0.1) is 0 Å². The van der Waals surface area contributed by atoms with Crippen LogP contribution in [0.1, 0.15) is 45.4 Å². The molecule has 0 radical (unpaired) electrons. The first-order valence-electron chi connectivity index (χ1n) is 6.81. The fourth-order valence-electron chi connectivity index (χ4n) is 2.58. The fraction of sp³-hybridized carbons (Fsp3) is 1.00. The molecule has 1 N–H and O–H groups in total. The van der Waals surface area contributed by atoms with Crippen LogP contribution in [0.25, 0.3) is 0 Å². The van der Waals surface area contributed by atoms with Crippen LogP contribution in [0.3, 0.4) is 0 Å². The van der Waals surface area contributed by atoms with E-state index in [0.29, 0.717) is 6.10 Å². The number of hydrogen-bond donors (Lipinski definition) is 1. The van der Waals surface area contributed by atoms with Crippen LogP contribution in [0.4, 0.5) is 0 Å². The van der Waals surface area contributed by atoms with E-state index in [9.17, 15) is 0 Å². The van der Waals surface area contributed by atoms with Gasteiger partial charge in [0.05, 0.1) is 18.3 Å². The molecule has 2 aliphatic rings.